The average molecular weight is 1070 g/mol. The highest BCUT2D eigenvalue weighted by molar-refractivity contribution is 6.31. The molecule has 0 N–H and O–H groups in total. The standard InChI is InChI=1S/C74H78Cl2N2/c1-70(2,3)53-28-16-24-49(40-53)64-36-22-37-65(50-25-17-29-54(41-50)71(4,5)6)68(64)77(60-34-20-32-58(75)46-60)62-44-57(74(13,14)15)45-63(48-62)78(61-35-21-33-59(76)47-61)69-66(51-26-18-30-55(42-51)72(7,8)9)38-23-39-67(69)52-27-19-31-56(43-52)73(10,11)12/h16-48H,1-15H3/i20D,21D,32D,33D,34D,35D,46D,47D. The van der Waals surface area contributed by atoms with Crippen LogP contribution in [0.5, 0.6) is 0 Å². The van der Waals surface area contributed by atoms with Gasteiger partial charge in [0, 0.05) is 55.0 Å². The van der Waals surface area contributed by atoms with Gasteiger partial charge in [0.15, 0.2) is 0 Å². The van der Waals surface area contributed by atoms with Crippen molar-refractivity contribution < 1.29 is 11.0 Å². The Balaban J connectivity index is 1.55. The predicted molar refractivity (Wildman–Crippen MR) is 341 cm³/mol. The number of benzene rings is 9. The molecule has 0 atom stereocenters. The molecule has 398 valence electrons. The van der Waals surface area contributed by atoms with Crippen LogP contribution in [0.25, 0.3) is 44.5 Å². The fourth-order valence-electron chi connectivity index (χ4n) is 9.99. The van der Waals surface area contributed by atoms with Crippen LogP contribution in [0.4, 0.5) is 34.1 Å². The molecule has 0 bridgehead atoms. The Hall–Kier alpha value is -6.84. The Morgan fingerprint density at radius 2 is 0.577 bits per heavy atom. The molecular weight excluding hydrogens is 988 g/mol. The first kappa shape index (κ1) is 46.1. The summed E-state index contributed by atoms with van der Waals surface area (Å²) in [6.45, 7) is 32.3. The fourth-order valence-corrected chi connectivity index (χ4v) is 10.3. The normalized spacial score (nSPS) is 13.9. The fraction of sp³-hybridized carbons (Fsp3) is 0.270. The summed E-state index contributed by atoms with van der Waals surface area (Å²) < 4.78 is 76.9. The van der Waals surface area contributed by atoms with Crippen LogP contribution in [-0.2, 0) is 27.1 Å². The SMILES string of the molecule is [2H]c1c([2H])c(Cl)c([2H])c(N(c2cc(N(c3c(-c4cccc(C(C)(C)C)c4)cccc3-c3cccc(C(C)(C)C)c3)c3c([2H])c([2H])c([2H])c(Cl)c3[2H])cc(C(C)(C)C)c2)c2c(-c3cccc(C(C)(C)C)c3)cccc2-c2cccc(C(C)(C)C)c2)c1[2H]. The van der Waals surface area contributed by atoms with Crippen molar-refractivity contribution >= 4 is 57.3 Å². The third-order valence-corrected chi connectivity index (χ3v) is 15.0. The highest BCUT2D eigenvalue weighted by Gasteiger charge is 2.30. The molecule has 0 saturated heterocycles. The number of nitrogens with zero attached hydrogens (tertiary/aromatic N) is 2. The molecule has 9 aromatic rings. The van der Waals surface area contributed by atoms with Crippen LogP contribution in [0.2, 0.25) is 10.0 Å². The van der Waals surface area contributed by atoms with Crippen molar-refractivity contribution in [2.24, 2.45) is 0 Å². The summed E-state index contributed by atoms with van der Waals surface area (Å²) in [5.74, 6) is 0. The van der Waals surface area contributed by atoms with Crippen molar-refractivity contribution in [3.05, 3.63) is 238 Å². The number of rotatable bonds is 10. The lowest BCUT2D eigenvalue weighted by atomic mass is 9.83. The van der Waals surface area contributed by atoms with Crippen molar-refractivity contribution in [1.29, 1.82) is 0 Å². The summed E-state index contributed by atoms with van der Waals surface area (Å²) >= 11 is 14.2. The van der Waals surface area contributed by atoms with Gasteiger partial charge in [-0.25, -0.2) is 0 Å². The molecule has 0 saturated carbocycles. The molecule has 0 aliphatic heterocycles. The lowest BCUT2D eigenvalue weighted by Gasteiger charge is -2.35. The minimum Gasteiger partial charge on any atom is -0.309 e. The largest absolute Gasteiger partial charge is 0.309 e. The monoisotopic (exact) mass is 1070 g/mol. The van der Waals surface area contributed by atoms with Gasteiger partial charge in [0.05, 0.1) is 22.3 Å². The molecule has 9 rings (SSSR count). The van der Waals surface area contributed by atoms with Gasteiger partial charge in [-0.05, 0) is 132 Å². The van der Waals surface area contributed by atoms with Crippen LogP contribution in [0.3, 0.4) is 0 Å². The van der Waals surface area contributed by atoms with Crippen molar-refractivity contribution in [2.75, 3.05) is 9.80 Å². The van der Waals surface area contributed by atoms with Crippen LogP contribution in [0, 0.1) is 0 Å². The van der Waals surface area contributed by atoms with Gasteiger partial charge in [-0.15, -0.1) is 0 Å². The third-order valence-electron chi connectivity index (χ3n) is 14.6. The van der Waals surface area contributed by atoms with Gasteiger partial charge in [-0.3, -0.25) is 0 Å². The van der Waals surface area contributed by atoms with E-state index in [1.165, 1.54) is 0 Å². The van der Waals surface area contributed by atoms with E-state index in [0.29, 0.717) is 22.7 Å². The Bertz CT molecular complexity index is 3650. The average Bonchev–Trinajstić information content (AvgIpc) is 0.783. The molecule has 0 amide bonds. The molecule has 0 spiro atoms. The van der Waals surface area contributed by atoms with Gasteiger partial charge in [0.25, 0.3) is 0 Å². The number of para-hydroxylation sites is 2. The molecule has 0 fully saturated rings. The first-order valence-corrected chi connectivity index (χ1v) is 27.7. The summed E-state index contributed by atoms with van der Waals surface area (Å²) in [4.78, 5) is 3.71. The molecular formula is C74H78Cl2N2. The zero-order valence-corrected chi connectivity index (χ0v) is 49.6. The second-order valence-electron chi connectivity index (χ2n) is 25.7. The summed E-state index contributed by atoms with van der Waals surface area (Å²) in [7, 11) is 0. The summed E-state index contributed by atoms with van der Waals surface area (Å²) in [5, 5.41) is -0.578. The van der Waals surface area contributed by atoms with E-state index in [2.05, 4.69) is 177 Å². The molecule has 4 heteroatoms. The second kappa shape index (κ2) is 21.4. The molecule has 9 aromatic carbocycles. The maximum absolute atomic E-state index is 10.1. The molecule has 2 nitrogen and oxygen atoms in total. The van der Waals surface area contributed by atoms with E-state index in [0.717, 1.165) is 72.3 Å². The highest BCUT2D eigenvalue weighted by atomic mass is 35.5. The molecule has 78 heavy (non-hydrogen) atoms. The molecule has 0 aliphatic carbocycles. The van der Waals surface area contributed by atoms with Crippen molar-refractivity contribution in [3.63, 3.8) is 0 Å². The molecule has 0 radical (unpaired) electrons. The first-order chi connectivity index (χ1) is 40.0. The van der Waals surface area contributed by atoms with E-state index in [1.54, 1.807) is 0 Å². The van der Waals surface area contributed by atoms with Crippen molar-refractivity contribution in [2.45, 2.75) is 131 Å². The van der Waals surface area contributed by atoms with Crippen molar-refractivity contribution in [3.8, 4) is 44.5 Å². The molecule has 0 aromatic heterocycles. The topological polar surface area (TPSA) is 6.48 Å². The van der Waals surface area contributed by atoms with Gasteiger partial charge in [0.2, 0.25) is 0 Å². The first-order valence-electron chi connectivity index (χ1n) is 31.0. The Morgan fingerprint density at radius 1 is 0.308 bits per heavy atom. The lowest BCUT2D eigenvalue weighted by Crippen LogP contribution is -2.19. The predicted octanol–water partition coefficient (Wildman–Crippen LogP) is 23.1. The Morgan fingerprint density at radius 3 is 0.846 bits per heavy atom. The number of anilines is 6. The number of halogens is 2. The Labute approximate surface area is 489 Å². The van der Waals surface area contributed by atoms with Gasteiger partial charge < -0.3 is 9.80 Å². The highest BCUT2D eigenvalue weighted by Crippen LogP contribution is 2.53. The second-order valence-corrected chi connectivity index (χ2v) is 26.5. The van der Waals surface area contributed by atoms with Crippen LogP contribution >= 0.6 is 23.2 Å². The van der Waals surface area contributed by atoms with Gasteiger partial charge in [0.1, 0.15) is 0 Å². The summed E-state index contributed by atoms with van der Waals surface area (Å²) in [6.07, 6.45) is 0. The summed E-state index contributed by atoms with van der Waals surface area (Å²) in [5.41, 5.74) is 11.7. The van der Waals surface area contributed by atoms with Crippen LogP contribution < -0.4 is 9.80 Å². The van der Waals surface area contributed by atoms with Gasteiger partial charge >= 0.3 is 0 Å². The summed E-state index contributed by atoms with van der Waals surface area (Å²) in [6, 6.07) is 48.5. The van der Waals surface area contributed by atoms with E-state index >= 15 is 0 Å². The van der Waals surface area contributed by atoms with E-state index in [4.69, 9.17) is 25.9 Å². The Kier molecular flexibility index (Phi) is 12.7. The van der Waals surface area contributed by atoms with Crippen LogP contribution in [-0.4, -0.2) is 0 Å². The maximum Gasteiger partial charge on any atom is 0.0661 e. The maximum atomic E-state index is 10.1. The number of hydrogen-bond donors (Lipinski definition) is 0. The van der Waals surface area contributed by atoms with Gasteiger partial charge in [-0.2, -0.15) is 0 Å². The van der Waals surface area contributed by atoms with Gasteiger partial charge in [-0.1, -0.05) is 273 Å². The molecule has 0 heterocycles. The van der Waals surface area contributed by atoms with E-state index in [1.807, 2.05) is 88.7 Å². The number of hydrogen-bond acceptors (Lipinski definition) is 2. The smallest absolute Gasteiger partial charge is 0.0661 e. The van der Waals surface area contributed by atoms with E-state index < -0.39 is 29.6 Å². The van der Waals surface area contributed by atoms with E-state index in [-0.39, 0.29) is 67.2 Å². The molecule has 0 unspecified atom stereocenters. The quantitative estimate of drug-likeness (QED) is 0.135. The van der Waals surface area contributed by atoms with E-state index in [9.17, 15) is 8.22 Å². The van der Waals surface area contributed by atoms with Crippen LogP contribution in [0.1, 0.15) is 143 Å². The van der Waals surface area contributed by atoms with Crippen LogP contribution in [0.15, 0.2) is 200 Å². The third kappa shape index (κ3) is 12.1. The van der Waals surface area contributed by atoms with Crippen molar-refractivity contribution in [1.82, 2.24) is 0 Å². The minimum atomic E-state index is -0.648. The zero-order valence-electron chi connectivity index (χ0n) is 56.1. The zero-order chi connectivity index (χ0) is 63.1. The molecule has 0 aliphatic rings. The minimum absolute atomic E-state index is 0.0382. The lowest BCUT2D eigenvalue weighted by molar-refractivity contribution is 0.590.